The molecule has 1 saturated heterocycles. The van der Waals surface area contributed by atoms with Crippen molar-refractivity contribution in [2.24, 2.45) is 5.41 Å². The Morgan fingerprint density at radius 2 is 1.85 bits per heavy atom. The van der Waals surface area contributed by atoms with Crippen LogP contribution in [0.15, 0.2) is 6.07 Å². The van der Waals surface area contributed by atoms with Gasteiger partial charge in [-0.05, 0) is 51.1 Å². The molecule has 110 valence electrons. The first-order valence-corrected chi connectivity index (χ1v) is 7.94. The average molecular weight is 274 g/mol. The first kappa shape index (κ1) is 13.8. The highest BCUT2D eigenvalue weighted by Crippen LogP contribution is 2.46. The van der Waals surface area contributed by atoms with E-state index in [1.165, 1.54) is 51.6 Å². The number of aromatic nitrogens is 2. The number of hydrogen-bond donors (Lipinski definition) is 1. The summed E-state index contributed by atoms with van der Waals surface area (Å²) in [6.45, 7) is 5.36. The number of hydrogen-bond acceptors (Lipinski definition) is 4. The van der Waals surface area contributed by atoms with Gasteiger partial charge in [0.1, 0.15) is 11.6 Å². The molecule has 1 saturated carbocycles. The summed E-state index contributed by atoms with van der Waals surface area (Å²) in [5.41, 5.74) is 1.74. The summed E-state index contributed by atoms with van der Waals surface area (Å²) in [7, 11) is 1.91. The van der Waals surface area contributed by atoms with Crippen LogP contribution in [0.5, 0.6) is 0 Å². The predicted octanol–water partition coefficient (Wildman–Crippen LogP) is 2.98. The molecular formula is C16H26N4. The van der Waals surface area contributed by atoms with Gasteiger partial charge in [-0.1, -0.05) is 12.8 Å². The summed E-state index contributed by atoms with van der Waals surface area (Å²) in [6.07, 6.45) is 8.58. The van der Waals surface area contributed by atoms with Crippen molar-refractivity contribution < 1.29 is 0 Å². The standard InChI is InChI=1S/C16H26N4/c1-13-11-14(17-2)19-15(18-13)12-20-9-7-16(8-10-20)5-3-4-6-16/h11H,3-10,12H2,1-2H3,(H,17,18,19). The van der Waals surface area contributed by atoms with Crippen LogP contribution in [-0.2, 0) is 6.54 Å². The van der Waals surface area contributed by atoms with Crippen LogP contribution in [0.1, 0.15) is 50.0 Å². The van der Waals surface area contributed by atoms with E-state index < -0.39 is 0 Å². The topological polar surface area (TPSA) is 41.1 Å². The lowest BCUT2D eigenvalue weighted by Crippen LogP contribution is -2.38. The van der Waals surface area contributed by atoms with E-state index in [2.05, 4.69) is 20.2 Å². The molecule has 0 atom stereocenters. The van der Waals surface area contributed by atoms with Crippen LogP contribution in [0.3, 0.4) is 0 Å². The molecule has 0 aromatic carbocycles. The molecule has 0 unspecified atom stereocenters. The van der Waals surface area contributed by atoms with E-state index in [0.29, 0.717) is 5.41 Å². The lowest BCUT2D eigenvalue weighted by atomic mass is 9.77. The highest BCUT2D eigenvalue weighted by molar-refractivity contribution is 5.34. The summed E-state index contributed by atoms with van der Waals surface area (Å²) in [6, 6.07) is 1.99. The SMILES string of the molecule is CNc1cc(C)nc(CN2CCC3(CCCC3)CC2)n1. The minimum atomic E-state index is 0.695. The van der Waals surface area contributed by atoms with Gasteiger partial charge in [0.25, 0.3) is 0 Å². The van der Waals surface area contributed by atoms with E-state index in [0.717, 1.165) is 23.9 Å². The first-order valence-electron chi connectivity index (χ1n) is 7.94. The lowest BCUT2D eigenvalue weighted by Gasteiger charge is -2.39. The highest BCUT2D eigenvalue weighted by atomic mass is 15.2. The van der Waals surface area contributed by atoms with Crippen LogP contribution in [0.2, 0.25) is 0 Å². The Morgan fingerprint density at radius 1 is 1.15 bits per heavy atom. The van der Waals surface area contributed by atoms with E-state index in [9.17, 15) is 0 Å². The third-order valence-corrected chi connectivity index (χ3v) is 5.10. The molecule has 1 aromatic rings. The van der Waals surface area contributed by atoms with Crippen molar-refractivity contribution in [1.29, 1.82) is 0 Å². The van der Waals surface area contributed by atoms with Crippen molar-refractivity contribution in [2.75, 3.05) is 25.5 Å². The molecule has 0 radical (unpaired) electrons. The molecule has 1 N–H and O–H groups in total. The Kier molecular flexibility index (Phi) is 3.92. The van der Waals surface area contributed by atoms with E-state index in [1.807, 2.05) is 20.0 Å². The molecule has 4 nitrogen and oxygen atoms in total. The van der Waals surface area contributed by atoms with Crippen LogP contribution in [0.4, 0.5) is 5.82 Å². The fourth-order valence-electron chi connectivity index (χ4n) is 3.84. The second-order valence-corrected chi connectivity index (χ2v) is 6.54. The molecule has 1 aromatic heterocycles. The maximum absolute atomic E-state index is 4.57. The number of nitrogens with one attached hydrogen (secondary N) is 1. The van der Waals surface area contributed by atoms with Crippen molar-refractivity contribution in [3.05, 3.63) is 17.6 Å². The van der Waals surface area contributed by atoms with Crippen molar-refractivity contribution in [3.63, 3.8) is 0 Å². The number of piperidine rings is 1. The zero-order valence-electron chi connectivity index (χ0n) is 12.8. The van der Waals surface area contributed by atoms with E-state index in [4.69, 9.17) is 0 Å². The number of nitrogens with zero attached hydrogens (tertiary/aromatic N) is 3. The second-order valence-electron chi connectivity index (χ2n) is 6.54. The third kappa shape index (κ3) is 2.95. The minimum absolute atomic E-state index is 0.695. The maximum atomic E-state index is 4.57. The molecule has 4 heteroatoms. The monoisotopic (exact) mass is 274 g/mol. The summed E-state index contributed by atoms with van der Waals surface area (Å²) in [5, 5.41) is 3.12. The zero-order valence-corrected chi connectivity index (χ0v) is 12.8. The van der Waals surface area contributed by atoms with Gasteiger partial charge in [0.2, 0.25) is 0 Å². The smallest absolute Gasteiger partial charge is 0.144 e. The van der Waals surface area contributed by atoms with Gasteiger partial charge in [-0.3, -0.25) is 4.90 Å². The molecular weight excluding hydrogens is 248 g/mol. The summed E-state index contributed by atoms with van der Waals surface area (Å²) in [5.74, 6) is 1.88. The molecule has 0 amide bonds. The molecule has 1 spiro atoms. The van der Waals surface area contributed by atoms with E-state index >= 15 is 0 Å². The van der Waals surface area contributed by atoms with Gasteiger partial charge in [0, 0.05) is 18.8 Å². The molecule has 0 bridgehead atoms. The molecule has 1 aliphatic carbocycles. The van der Waals surface area contributed by atoms with Gasteiger partial charge in [-0.15, -0.1) is 0 Å². The van der Waals surface area contributed by atoms with Crippen molar-refractivity contribution in [2.45, 2.75) is 52.0 Å². The fraction of sp³-hybridized carbons (Fsp3) is 0.750. The van der Waals surface area contributed by atoms with Gasteiger partial charge in [0.05, 0.1) is 6.54 Å². The molecule has 20 heavy (non-hydrogen) atoms. The summed E-state index contributed by atoms with van der Waals surface area (Å²) < 4.78 is 0. The van der Waals surface area contributed by atoms with Crippen LogP contribution >= 0.6 is 0 Å². The second kappa shape index (κ2) is 5.68. The van der Waals surface area contributed by atoms with Gasteiger partial charge >= 0.3 is 0 Å². The largest absolute Gasteiger partial charge is 0.373 e. The van der Waals surface area contributed by atoms with Crippen LogP contribution < -0.4 is 5.32 Å². The zero-order chi connectivity index (χ0) is 14.0. The Hall–Kier alpha value is -1.16. The Labute approximate surface area is 122 Å². The van der Waals surface area contributed by atoms with E-state index in [-0.39, 0.29) is 0 Å². The van der Waals surface area contributed by atoms with Crippen molar-refractivity contribution in [1.82, 2.24) is 14.9 Å². The maximum Gasteiger partial charge on any atom is 0.144 e. The molecule has 3 rings (SSSR count). The van der Waals surface area contributed by atoms with Crippen LogP contribution in [0, 0.1) is 12.3 Å². The number of rotatable bonds is 3. The van der Waals surface area contributed by atoms with Gasteiger partial charge in [-0.25, -0.2) is 9.97 Å². The Morgan fingerprint density at radius 3 is 2.50 bits per heavy atom. The predicted molar refractivity (Wildman–Crippen MR) is 81.7 cm³/mol. The summed E-state index contributed by atoms with van der Waals surface area (Å²) >= 11 is 0. The van der Waals surface area contributed by atoms with Gasteiger partial charge < -0.3 is 5.32 Å². The van der Waals surface area contributed by atoms with Crippen molar-refractivity contribution in [3.8, 4) is 0 Å². The highest BCUT2D eigenvalue weighted by Gasteiger charge is 2.36. The van der Waals surface area contributed by atoms with Gasteiger partial charge in [0.15, 0.2) is 0 Å². The number of likely N-dealkylation sites (tertiary alicyclic amines) is 1. The Balaban J connectivity index is 1.60. The molecule has 2 heterocycles. The number of anilines is 1. The minimum Gasteiger partial charge on any atom is -0.373 e. The quantitative estimate of drug-likeness (QED) is 0.920. The normalized spacial score (nSPS) is 22.3. The summed E-state index contributed by atoms with van der Waals surface area (Å²) in [4.78, 5) is 11.7. The first-order chi connectivity index (χ1) is 9.69. The fourth-order valence-corrected chi connectivity index (χ4v) is 3.84. The molecule has 1 aliphatic heterocycles. The lowest BCUT2D eigenvalue weighted by molar-refractivity contribution is 0.102. The van der Waals surface area contributed by atoms with Crippen LogP contribution in [-0.4, -0.2) is 35.0 Å². The molecule has 2 aliphatic rings. The van der Waals surface area contributed by atoms with Gasteiger partial charge in [-0.2, -0.15) is 0 Å². The van der Waals surface area contributed by atoms with Crippen LogP contribution in [0.25, 0.3) is 0 Å². The average Bonchev–Trinajstić information content (AvgIpc) is 2.89. The third-order valence-electron chi connectivity index (χ3n) is 5.10. The van der Waals surface area contributed by atoms with Crippen molar-refractivity contribution >= 4 is 5.82 Å². The Bertz CT molecular complexity index is 456. The van der Waals surface area contributed by atoms with E-state index in [1.54, 1.807) is 0 Å². The number of aryl methyl sites for hydroxylation is 1. The molecule has 2 fully saturated rings.